The van der Waals surface area contributed by atoms with E-state index in [0.717, 1.165) is 44.3 Å². The first kappa shape index (κ1) is 19.1. The molecule has 1 aliphatic carbocycles. The van der Waals surface area contributed by atoms with E-state index >= 15 is 0 Å². The van der Waals surface area contributed by atoms with E-state index in [2.05, 4.69) is 43.0 Å². The maximum atomic E-state index is 12.4. The largest absolute Gasteiger partial charge is 0.474 e. The summed E-state index contributed by atoms with van der Waals surface area (Å²) >= 11 is 1.73. The third-order valence-corrected chi connectivity index (χ3v) is 6.75. The number of piperidine rings is 1. The normalized spacial score (nSPS) is 17.5. The number of carbonyl (C=O) groups excluding carboxylic acids is 1. The first-order chi connectivity index (χ1) is 14.7. The van der Waals surface area contributed by atoms with Crippen molar-refractivity contribution in [2.24, 2.45) is 0 Å². The molecule has 0 radical (unpaired) electrons. The summed E-state index contributed by atoms with van der Waals surface area (Å²) in [5.41, 5.74) is 2.96. The fourth-order valence-electron chi connectivity index (χ4n) is 3.91. The number of amides is 2. The minimum Gasteiger partial charge on any atom is -0.474 e. The summed E-state index contributed by atoms with van der Waals surface area (Å²) in [5.74, 6) is 0.619. The van der Waals surface area contributed by atoms with Crippen LogP contribution < -0.4 is 20.3 Å². The third-order valence-electron chi connectivity index (χ3n) is 5.83. The molecule has 8 heteroatoms. The second-order valence-corrected chi connectivity index (χ2v) is 8.80. The summed E-state index contributed by atoms with van der Waals surface area (Å²) in [6.07, 6.45) is 9.07. The Bertz CT molecular complexity index is 1010. The first-order valence-electron chi connectivity index (χ1n) is 10.5. The number of carbonyl (C=O) groups is 1. The van der Waals surface area contributed by atoms with Gasteiger partial charge in [-0.2, -0.15) is 0 Å². The van der Waals surface area contributed by atoms with E-state index in [1.807, 2.05) is 18.3 Å². The Morgan fingerprint density at radius 3 is 2.70 bits per heavy atom. The number of rotatable bonds is 5. The van der Waals surface area contributed by atoms with Crippen LogP contribution in [0.25, 0.3) is 10.2 Å². The molecule has 0 aromatic carbocycles. The van der Waals surface area contributed by atoms with E-state index in [1.165, 1.54) is 16.8 Å². The lowest BCUT2D eigenvalue weighted by Gasteiger charge is -2.34. The predicted molar refractivity (Wildman–Crippen MR) is 120 cm³/mol. The average Bonchev–Trinajstić information content (AvgIpc) is 3.21. The predicted octanol–water partition coefficient (Wildman–Crippen LogP) is 4.41. The number of thiophene rings is 1. The molecule has 1 aliphatic heterocycles. The van der Waals surface area contributed by atoms with Crippen molar-refractivity contribution >= 4 is 39.0 Å². The number of pyridine rings is 2. The van der Waals surface area contributed by atoms with E-state index in [0.29, 0.717) is 17.7 Å². The van der Waals surface area contributed by atoms with Crippen LogP contribution in [0.15, 0.2) is 42.0 Å². The molecule has 0 bridgehead atoms. The van der Waals surface area contributed by atoms with Crippen molar-refractivity contribution in [1.82, 2.24) is 15.3 Å². The maximum Gasteiger partial charge on any atom is 0.319 e. The van der Waals surface area contributed by atoms with Crippen LogP contribution >= 0.6 is 11.3 Å². The maximum absolute atomic E-state index is 12.4. The Morgan fingerprint density at radius 2 is 1.97 bits per heavy atom. The molecule has 7 nitrogen and oxygen atoms in total. The molecule has 2 fully saturated rings. The molecule has 156 valence electrons. The van der Waals surface area contributed by atoms with Gasteiger partial charge in [0.05, 0.1) is 27.8 Å². The highest BCUT2D eigenvalue weighted by atomic mass is 32.1. The molecule has 1 saturated heterocycles. The second kappa shape index (κ2) is 8.47. The van der Waals surface area contributed by atoms with Gasteiger partial charge in [0.1, 0.15) is 6.10 Å². The Hall–Kier alpha value is -2.87. The van der Waals surface area contributed by atoms with Crippen LogP contribution in [0.5, 0.6) is 5.88 Å². The Kier molecular flexibility index (Phi) is 5.40. The molecule has 5 rings (SSSR count). The fraction of sp³-hybridized carbons (Fsp3) is 0.409. The molecule has 2 aliphatic rings. The smallest absolute Gasteiger partial charge is 0.319 e. The van der Waals surface area contributed by atoms with Crippen molar-refractivity contribution in [3.8, 4) is 5.88 Å². The fourth-order valence-corrected chi connectivity index (χ4v) is 4.80. The molecular formula is C22H25N5O2S. The molecule has 30 heavy (non-hydrogen) atoms. The third kappa shape index (κ3) is 4.18. The van der Waals surface area contributed by atoms with Gasteiger partial charge in [-0.1, -0.05) is 0 Å². The molecule has 2 N–H and O–H groups in total. The standard InChI is InChI=1S/C22H25N5O2S/c28-22(26-16-4-5-20(24-14-16)29-17-2-1-3-17)25-15-7-11-27(12-8-15)19-6-10-23-18-9-13-30-21(18)19/h4-6,9-10,13-15,17H,1-3,7-8,11-12H2,(H2,25,26,28). The van der Waals surface area contributed by atoms with Gasteiger partial charge in [0.25, 0.3) is 0 Å². The van der Waals surface area contributed by atoms with E-state index < -0.39 is 0 Å². The molecule has 1 saturated carbocycles. The summed E-state index contributed by atoms with van der Waals surface area (Å²) in [6, 6.07) is 7.77. The van der Waals surface area contributed by atoms with Gasteiger partial charge in [-0.3, -0.25) is 4.98 Å². The number of nitrogens with zero attached hydrogens (tertiary/aromatic N) is 3. The summed E-state index contributed by atoms with van der Waals surface area (Å²) in [4.78, 5) is 23.5. The van der Waals surface area contributed by atoms with Crippen molar-refractivity contribution in [3.05, 3.63) is 42.0 Å². The van der Waals surface area contributed by atoms with Crippen molar-refractivity contribution < 1.29 is 9.53 Å². The molecule has 3 aromatic rings. The molecule has 0 spiro atoms. The average molecular weight is 424 g/mol. The van der Waals surface area contributed by atoms with Gasteiger partial charge in [-0.05, 0) is 55.7 Å². The van der Waals surface area contributed by atoms with E-state index in [9.17, 15) is 4.79 Å². The van der Waals surface area contributed by atoms with Crippen LogP contribution in [-0.4, -0.2) is 41.2 Å². The summed E-state index contributed by atoms with van der Waals surface area (Å²) < 4.78 is 6.99. The number of aromatic nitrogens is 2. The first-order valence-corrected chi connectivity index (χ1v) is 11.4. The zero-order valence-corrected chi connectivity index (χ0v) is 17.5. The Labute approximate surface area is 179 Å². The molecular weight excluding hydrogens is 398 g/mol. The van der Waals surface area contributed by atoms with E-state index in [4.69, 9.17) is 4.74 Å². The Balaban J connectivity index is 1.11. The number of ether oxygens (including phenoxy) is 1. The topological polar surface area (TPSA) is 79.4 Å². The highest BCUT2D eigenvalue weighted by molar-refractivity contribution is 7.17. The van der Waals surface area contributed by atoms with Crippen LogP contribution in [0, 0.1) is 0 Å². The lowest BCUT2D eigenvalue weighted by molar-refractivity contribution is 0.114. The van der Waals surface area contributed by atoms with Gasteiger partial charge in [-0.15, -0.1) is 11.3 Å². The van der Waals surface area contributed by atoms with Gasteiger partial charge in [0.2, 0.25) is 5.88 Å². The van der Waals surface area contributed by atoms with Gasteiger partial charge >= 0.3 is 6.03 Å². The zero-order valence-electron chi connectivity index (χ0n) is 16.7. The number of anilines is 2. The van der Waals surface area contributed by atoms with Crippen molar-refractivity contribution in [3.63, 3.8) is 0 Å². The number of hydrogen-bond donors (Lipinski definition) is 2. The Morgan fingerprint density at radius 1 is 1.10 bits per heavy atom. The van der Waals surface area contributed by atoms with Crippen molar-refractivity contribution in [2.75, 3.05) is 23.3 Å². The van der Waals surface area contributed by atoms with Crippen LogP contribution in [0.2, 0.25) is 0 Å². The second-order valence-electron chi connectivity index (χ2n) is 7.88. The molecule has 0 atom stereocenters. The summed E-state index contributed by atoms with van der Waals surface area (Å²) in [7, 11) is 0. The number of fused-ring (bicyclic) bond motifs is 1. The quantitative estimate of drug-likeness (QED) is 0.635. The summed E-state index contributed by atoms with van der Waals surface area (Å²) in [6.45, 7) is 1.83. The molecule has 2 amide bonds. The lowest BCUT2D eigenvalue weighted by Crippen LogP contribution is -2.46. The van der Waals surface area contributed by atoms with Gasteiger partial charge in [0, 0.05) is 31.4 Å². The number of urea groups is 1. The van der Waals surface area contributed by atoms with Crippen molar-refractivity contribution in [1.29, 1.82) is 0 Å². The lowest BCUT2D eigenvalue weighted by atomic mass is 9.96. The van der Waals surface area contributed by atoms with E-state index in [1.54, 1.807) is 17.5 Å². The minimum atomic E-state index is -0.188. The van der Waals surface area contributed by atoms with Crippen LogP contribution in [0.4, 0.5) is 16.2 Å². The molecule has 0 unspecified atom stereocenters. The van der Waals surface area contributed by atoms with Crippen LogP contribution in [-0.2, 0) is 0 Å². The highest BCUT2D eigenvalue weighted by Crippen LogP contribution is 2.31. The monoisotopic (exact) mass is 423 g/mol. The number of hydrogen-bond acceptors (Lipinski definition) is 6. The van der Waals surface area contributed by atoms with Crippen LogP contribution in [0.1, 0.15) is 32.1 Å². The minimum absolute atomic E-state index is 0.163. The zero-order chi connectivity index (χ0) is 20.3. The van der Waals surface area contributed by atoms with Gasteiger partial charge in [-0.25, -0.2) is 9.78 Å². The molecule has 4 heterocycles. The van der Waals surface area contributed by atoms with Crippen molar-refractivity contribution in [2.45, 2.75) is 44.2 Å². The van der Waals surface area contributed by atoms with Gasteiger partial charge < -0.3 is 20.3 Å². The highest BCUT2D eigenvalue weighted by Gasteiger charge is 2.23. The summed E-state index contributed by atoms with van der Waals surface area (Å²) in [5, 5.41) is 8.05. The van der Waals surface area contributed by atoms with E-state index in [-0.39, 0.29) is 12.1 Å². The number of nitrogens with one attached hydrogen (secondary N) is 2. The van der Waals surface area contributed by atoms with Gasteiger partial charge in [0.15, 0.2) is 0 Å². The van der Waals surface area contributed by atoms with Crippen LogP contribution in [0.3, 0.4) is 0 Å². The molecule has 3 aromatic heterocycles. The SMILES string of the molecule is O=C(Nc1ccc(OC2CCC2)nc1)NC1CCN(c2ccnc3ccsc23)CC1.